The van der Waals surface area contributed by atoms with Crippen LogP contribution in [0.15, 0.2) is 18.3 Å². The van der Waals surface area contributed by atoms with E-state index in [-0.39, 0.29) is 0 Å². The van der Waals surface area contributed by atoms with Gasteiger partial charge in [0.05, 0.1) is 0 Å². The lowest BCUT2D eigenvalue weighted by molar-refractivity contribution is 0.206. The normalized spacial score (nSPS) is 29.2. The minimum atomic E-state index is 0.681. The Labute approximate surface area is 105 Å². The molecule has 3 atom stereocenters. The minimum Gasteiger partial charge on any atom is -0.310 e. The van der Waals surface area contributed by atoms with E-state index in [0.29, 0.717) is 6.04 Å². The van der Waals surface area contributed by atoms with E-state index >= 15 is 0 Å². The summed E-state index contributed by atoms with van der Waals surface area (Å²) in [5.41, 5.74) is 2.38. The van der Waals surface area contributed by atoms with Gasteiger partial charge in [0.2, 0.25) is 0 Å². The second kappa shape index (κ2) is 5.63. The van der Waals surface area contributed by atoms with E-state index in [4.69, 9.17) is 0 Å². The Morgan fingerprint density at radius 3 is 2.82 bits per heavy atom. The van der Waals surface area contributed by atoms with Gasteiger partial charge in [-0.15, -0.1) is 0 Å². The summed E-state index contributed by atoms with van der Waals surface area (Å²) in [6, 6.07) is 4.94. The lowest BCUT2D eigenvalue weighted by Crippen LogP contribution is -2.40. The molecule has 0 aromatic carbocycles. The first kappa shape index (κ1) is 12.6. The number of nitrogens with one attached hydrogen (secondary N) is 1. The lowest BCUT2D eigenvalue weighted by atomic mass is 9.78. The molecular formula is C15H24N2. The molecule has 1 aromatic rings. The average Bonchev–Trinajstić information content (AvgIpc) is 2.33. The monoisotopic (exact) mass is 232 g/mol. The lowest BCUT2D eigenvalue weighted by Gasteiger charge is -2.34. The van der Waals surface area contributed by atoms with Crippen LogP contribution in [0.1, 0.15) is 44.4 Å². The number of aryl methyl sites for hydroxylation is 1. The van der Waals surface area contributed by atoms with Crippen LogP contribution in [-0.2, 0) is 6.54 Å². The molecule has 0 bridgehead atoms. The molecule has 3 unspecified atom stereocenters. The number of pyridine rings is 1. The molecule has 1 fully saturated rings. The molecule has 1 saturated carbocycles. The number of hydrogen-bond donors (Lipinski definition) is 1. The first-order valence-corrected chi connectivity index (χ1v) is 6.81. The third-order valence-electron chi connectivity index (χ3n) is 4.25. The highest BCUT2D eigenvalue weighted by atomic mass is 14.9. The number of aromatic nitrogens is 1. The Morgan fingerprint density at radius 1 is 1.29 bits per heavy atom. The molecule has 0 aliphatic heterocycles. The summed E-state index contributed by atoms with van der Waals surface area (Å²) >= 11 is 0. The molecule has 1 N–H and O–H groups in total. The summed E-state index contributed by atoms with van der Waals surface area (Å²) in [5, 5.41) is 3.70. The van der Waals surface area contributed by atoms with Crippen LogP contribution >= 0.6 is 0 Å². The Hall–Kier alpha value is -0.890. The predicted molar refractivity (Wildman–Crippen MR) is 71.8 cm³/mol. The smallest absolute Gasteiger partial charge is 0.0372 e. The standard InChI is InChI=1S/C15H24N2/c1-11-5-4-6-15(13(11)3)17-10-14-8-7-12(2)16-9-14/h7-9,11,13,15,17H,4-6,10H2,1-3H3. The fourth-order valence-corrected chi connectivity index (χ4v) is 2.72. The van der Waals surface area contributed by atoms with Gasteiger partial charge in [0.1, 0.15) is 0 Å². The van der Waals surface area contributed by atoms with Gasteiger partial charge >= 0.3 is 0 Å². The van der Waals surface area contributed by atoms with Gasteiger partial charge in [0.25, 0.3) is 0 Å². The summed E-state index contributed by atoms with van der Waals surface area (Å²) in [6.45, 7) is 7.75. The van der Waals surface area contributed by atoms with Crippen LogP contribution in [0.2, 0.25) is 0 Å². The number of nitrogens with zero attached hydrogens (tertiary/aromatic N) is 1. The van der Waals surface area contributed by atoms with Gasteiger partial charge in [0, 0.05) is 24.5 Å². The summed E-state index contributed by atoms with van der Waals surface area (Å²) < 4.78 is 0. The zero-order valence-electron chi connectivity index (χ0n) is 11.2. The Balaban J connectivity index is 1.87. The quantitative estimate of drug-likeness (QED) is 0.865. The zero-order valence-corrected chi connectivity index (χ0v) is 11.2. The van der Waals surface area contributed by atoms with Gasteiger partial charge in [-0.25, -0.2) is 0 Å². The van der Waals surface area contributed by atoms with Crippen molar-refractivity contribution in [1.29, 1.82) is 0 Å². The predicted octanol–water partition coefficient (Wildman–Crippen LogP) is 3.30. The second-order valence-corrected chi connectivity index (χ2v) is 5.56. The van der Waals surface area contributed by atoms with Crippen LogP contribution in [0.5, 0.6) is 0 Å². The van der Waals surface area contributed by atoms with Crippen LogP contribution in [0.4, 0.5) is 0 Å². The van der Waals surface area contributed by atoms with Crippen molar-refractivity contribution >= 4 is 0 Å². The van der Waals surface area contributed by atoms with Gasteiger partial charge in [-0.2, -0.15) is 0 Å². The van der Waals surface area contributed by atoms with Crippen molar-refractivity contribution in [2.75, 3.05) is 0 Å². The maximum absolute atomic E-state index is 4.34. The van der Waals surface area contributed by atoms with Crippen molar-refractivity contribution in [3.63, 3.8) is 0 Å². The van der Waals surface area contributed by atoms with Gasteiger partial charge < -0.3 is 5.32 Å². The van der Waals surface area contributed by atoms with Crippen LogP contribution in [0.3, 0.4) is 0 Å². The Kier molecular flexibility index (Phi) is 4.16. The molecule has 2 heteroatoms. The SMILES string of the molecule is Cc1ccc(CNC2CCCC(C)C2C)cn1. The maximum atomic E-state index is 4.34. The Bertz CT molecular complexity index is 344. The topological polar surface area (TPSA) is 24.9 Å². The van der Waals surface area contributed by atoms with Crippen molar-refractivity contribution < 1.29 is 0 Å². The van der Waals surface area contributed by atoms with E-state index in [2.05, 4.69) is 36.3 Å². The second-order valence-electron chi connectivity index (χ2n) is 5.56. The summed E-state index contributed by atoms with van der Waals surface area (Å²) in [6.07, 6.45) is 6.07. The molecule has 0 amide bonds. The molecule has 2 rings (SSSR count). The molecule has 2 nitrogen and oxygen atoms in total. The average molecular weight is 232 g/mol. The van der Waals surface area contributed by atoms with Crippen molar-refractivity contribution in [2.24, 2.45) is 11.8 Å². The van der Waals surface area contributed by atoms with Crippen LogP contribution in [-0.4, -0.2) is 11.0 Å². The molecular weight excluding hydrogens is 208 g/mol. The first-order valence-electron chi connectivity index (χ1n) is 6.81. The van der Waals surface area contributed by atoms with Crippen LogP contribution in [0, 0.1) is 18.8 Å². The van der Waals surface area contributed by atoms with Crippen molar-refractivity contribution in [2.45, 2.75) is 52.6 Å². The van der Waals surface area contributed by atoms with E-state index in [9.17, 15) is 0 Å². The van der Waals surface area contributed by atoms with Crippen molar-refractivity contribution in [3.8, 4) is 0 Å². The molecule has 1 aromatic heterocycles. The molecule has 94 valence electrons. The van der Waals surface area contributed by atoms with E-state index < -0.39 is 0 Å². The molecule has 1 heterocycles. The van der Waals surface area contributed by atoms with Gasteiger partial charge in [-0.3, -0.25) is 4.98 Å². The fourth-order valence-electron chi connectivity index (χ4n) is 2.72. The number of hydrogen-bond acceptors (Lipinski definition) is 2. The molecule has 0 spiro atoms. The first-order chi connectivity index (χ1) is 8.16. The molecule has 17 heavy (non-hydrogen) atoms. The molecule has 1 aliphatic carbocycles. The van der Waals surface area contributed by atoms with Crippen LogP contribution in [0.25, 0.3) is 0 Å². The highest BCUT2D eigenvalue weighted by molar-refractivity contribution is 5.13. The van der Waals surface area contributed by atoms with E-state index in [1.54, 1.807) is 0 Å². The Morgan fingerprint density at radius 2 is 2.12 bits per heavy atom. The largest absolute Gasteiger partial charge is 0.310 e. The maximum Gasteiger partial charge on any atom is 0.0372 e. The van der Waals surface area contributed by atoms with E-state index in [1.165, 1.54) is 24.8 Å². The molecule has 0 radical (unpaired) electrons. The highest BCUT2D eigenvalue weighted by Gasteiger charge is 2.26. The van der Waals surface area contributed by atoms with Crippen molar-refractivity contribution in [3.05, 3.63) is 29.6 Å². The van der Waals surface area contributed by atoms with Crippen molar-refractivity contribution in [1.82, 2.24) is 10.3 Å². The molecule has 1 aliphatic rings. The zero-order chi connectivity index (χ0) is 12.3. The highest BCUT2D eigenvalue weighted by Crippen LogP contribution is 2.29. The van der Waals surface area contributed by atoms with Gasteiger partial charge in [-0.1, -0.05) is 32.8 Å². The van der Waals surface area contributed by atoms with Crippen LogP contribution < -0.4 is 5.32 Å². The fraction of sp³-hybridized carbons (Fsp3) is 0.667. The third-order valence-corrected chi connectivity index (χ3v) is 4.25. The third kappa shape index (κ3) is 3.29. The minimum absolute atomic E-state index is 0.681. The van der Waals surface area contributed by atoms with E-state index in [0.717, 1.165) is 24.1 Å². The summed E-state index contributed by atoms with van der Waals surface area (Å²) in [4.78, 5) is 4.34. The molecule has 0 saturated heterocycles. The summed E-state index contributed by atoms with van der Waals surface area (Å²) in [5.74, 6) is 1.65. The van der Waals surface area contributed by atoms with Gasteiger partial charge in [-0.05, 0) is 36.8 Å². The summed E-state index contributed by atoms with van der Waals surface area (Å²) in [7, 11) is 0. The van der Waals surface area contributed by atoms with Gasteiger partial charge in [0.15, 0.2) is 0 Å². The van der Waals surface area contributed by atoms with E-state index in [1.807, 2.05) is 13.1 Å². The number of rotatable bonds is 3.